The molecule has 0 aliphatic heterocycles. The Morgan fingerprint density at radius 3 is 1.62 bits per heavy atom. The van der Waals surface area contributed by atoms with E-state index in [-0.39, 0.29) is 6.42 Å². The van der Waals surface area contributed by atoms with Gasteiger partial charge in [0.05, 0.1) is 47.4 Å². The van der Waals surface area contributed by atoms with Crippen LogP contribution in [0, 0.1) is 0 Å². The maximum Gasteiger partial charge on any atom is 0.345 e. The van der Waals surface area contributed by atoms with Crippen LogP contribution < -0.4 is 37.5 Å². The molecule has 6 amide bonds. The second-order valence-electron chi connectivity index (χ2n) is 21.5. The Balaban J connectivity index is 3.95. The third-order valence-corrected chi connectivity index (χ3v) is 11.2. The average Bonchev–Trinajstić information content (AvgIpc) is 3.21. The van der Waals surface area contributed by atoms with Crippen molar-refractivity contribution in [1.82, 2.24) is 30.9 Å². The number of carbonyl (C=O) groups excluding carboxylic acids is 7. The van der Waals surface area contributed by atoms with Crippen LogP contribution in [-0.2, 0) is 63.7 Å². The molecule has 404 valence electrons. The number of rotatable bonds is 27. The lowest BCUT2D eigenvalue weighted by atomic mass is 9.98. The zero-order valence-electron chi connectivity index (χ0n) is 44.7. The van der Waals surface area contributed by atoms with Crippen molar-refractivity contribution in [2.24, 2.45) is 11.5 Å². The van der Waals surface area contributed by atoms with Gasteiger partial charge in [-0.25, -0.2) is 9.59 Å². The topological polar surface area (TPSA) is 309 Å². The molecule has 1 aromatic carbocycles. The molecule has 0 heterocycles. The molecule has 1 aromatic rings. The van der Waals surface area contributed by atoms with Crippen molar-refractivity contribution < 1.29 is 62.4 Å². The highest BCUT2D eigenvalue weighted by Crippen LogP contribution is 2.26. The number of nitrogens with zero attached hydrogens (tertiary/aromatic N) is 1. The van der Waals surface area contributed by atoms with E-state index in [4.69, 9.17) is 30.4 Å². The third kappa shape index (κ3) is 23.0. The summed E-state index contributed by atoms with van der Waals surface area (Å²) in [5.74, 6) is -8.78. The summed E-state index contributed by atoms with van der Waals surface area (Å²) >= 11 is 0.556. The van der Waals surface area contributed by atoms with Crippen molar-refractivity contribution in [1.29, 1.82) is 0 Å². The molecule has 0 aliphatic rings. The summed E-state index contributed by atoms with van der Waals surface area (Å²) in [6.45, 7) is 24.2. The highest BCUT2D eigenvalue weighted by atomic mass is 32.2. The minimum atomic E-state index is -2.76. The van der Waals surface area contributed by atoms with Crippen LogP contribution in [0.2, 0.25) is 0 Å². The Kier molecular flexibility index (Phi) is 25.1. The van der Waals surface area contributed by atoms with Crippen LogP contribution in [0.1, 0.15) is 129 Å². The van der Waals surface area contributed by atoms with Crippen molar-refractivity contribution in [3.8, 4) is 0 Å². The SMILES string of the molecule is CC(=O)NSC[C@](C(=O)O)(C(=O)OC(C)(C)C)N(C)C(=O)[C@H](COC(C)(C)C)NC(=O)[C@@H](NC(=O)[C@H](Cc1ccccc1)NC(=O)[C@@H](NC(=O)[C@@H](N)CCCCN)[C@@H](C)OC(C)(C)C)[C@@H](C)OC(C)(C)C. The minimum absolute atomic E-state index is 0.0984. The number of carboxylic acid groups (broad SMARTS) is 1. The highest BCUT2D eigenvalue weighted by Gasteiger charge is 2.56. The summed E-state index contributed by atoms with van der Waals surface area (Å²) in [4.78, 5) is 112. The molecule has 8 atom stereocenters. The highest BCUT2D eigenvalue weighted by molar-refractivity contribution is 7.98. The van der Waals surface area contributed by atoms with E-state index in [1.54, 1.807) is 99.6 Å². The van der Waals surface area contributed by atoms with Crippen LogP contribution in [0.15, 0.2) is 30.3 Å². The largest absolute Gasteiger partial charge is 0.479 e. The number of aliphatic carboxylic acids is 1. The number of carboxylic acids is 1. The number of carbonyl (C=O) groups is 8. The van der Waals surface area contributed by atoms with Crippen LogP contribution in [-0.4, -0.2) is 154 Å². The number of benzene rings is 1. The summed E-state index contributed by atoms with van der Waals surface area (Å²) in [5, 5.41) is 21.5. The smallest absolute Gasteiger partial charge is 0.345 e. The Labute approximate surface area is 424 Å². The lowest BCUT2D eigenvalue weighted by Gasteiger charge is -2.39. The number of esters is 1. The van der Waals surface area contributed by atoms with Gasteiger partial charge in [0, 0.05) is 20.4 Å². The molecule has 0 spiro atoms. The van der Waals surface area contributed by atoms with E-state index < -0.39 is 130 Å². The van der Waals surface area contributed by atoms with E-state index in [1.807, 2.05) is 0 Å². The predicted octanol–water partition coefficient (Wildman–Crippen LogP) is 2.25. The van der Waals surface area contributed by atoms with Crippen molar-refractivity contribution in [2.75, 3.05) is 26.0 Å². The molecule has 0 unspecified atom stereocenters. The molecular weight excluding hydrogens is 941 g/mol. The fourth-order valence-corrected chi connectivity index (χ4v) is 7.82. The van der Waals surface area contributed by atoms with Crippen molar-refractivity contribution in [3.63, 3.8) is 0 Å². The van der Waals surface area contributed by atoms with E-state index in [2.05, 4.69) is 26.0 Å². The lowest BCUT2D eigenvalue weighted by Crippen LogP contribution is -2.68. The first-order valence-electron chi connectivity index (χ1n) is 23.8. The zero-order chi connectivity index (χ0) is 54.9. The number of hydrogen-bond acceptors (Lipinski definition) is 15. The molecule has 0 aliphatic carbocycles. The van der Waals surface area contributed by atoms with E-state index in [9.17, 15) is 43.5 Å². The molecule has 0 bridgehead atoms. The van der Waals surface area contributed by atoms with Gasteiger partial charge in [0.2, 0.25) is 41.0 Å². The maximum absolute atomic E-state index is 14.8. The molecule has 0 aromatic heterocycles. The third-order valence-electron chi connectivity index (χ3n) is 10.2. The van der Waals surface area contributed by atoms with E-state index in [1.165, 1.54) is 34.6 Å². The molecule has 0 fully saturated rings. The van der Waals surface area contributed by atoms with Gasteiger partial charge in [-0.1, -0.05) is 36.8 Å². The van der Waals surface area contributed by atoms with Crippen molar-refractivity contribution in [2.45, 2.75) is 200 Å². The van der Waals surface area contributed by atoms with Crippen LogP contribution in [0.5, 0.6) is 0 Å². The Morgan fingerprint density at radius 2 is 1.18 bits per heavy atom. The molecule has 0 radical (unpaired) electrons. The maximum atomic E-state index is 14.8. The molecule has 1 rings (SSSR count). The Bertz CT molecular complexity index is 1950. The average molecular weight is 1030 g/mol. The molecule has 10 N–H and O–H groups in total. The van der Waals surface area contributed by atoms with Crippen LogP contribution in [0.3, 0.4) is 0 Å². The van der Waals surface area contributed by atoms with Crippen LogP contribution >= 0.6 is 11.9 Å². The van der Waals surface area contributed by atoms with Gasteiger partial charge in [0.1, 0.15) is 29.8 Å². The first-order valence-corrected chi connectivity index (χ1v) is 24.8. The molecule has 0 saturated heterocycles. The van der Waals surface area contributed by atoms with Crippen molar-refractivity contribution in [3.05, 3.63) is 35.9 Å². The molecular formula is C49H84N8O13S. The second-order valence-corrected chi connectivity index (χ2v) is 22.3. The number of hydrogen-bond donors (Lipinski definition) is 8. The number of nitrogens with one attached hydrogen (secondary N) is 5. The van der Waals surface area contributed by atoms with E-state index in [0.717, 1.165) is 7.05 Å². The predicted molar refractivity (Wildman–Crippen MR) is 270 cm³/mol. The summed E-state index contributed by atoms with van der Waals surface area (Å²) < 4.78 is 26.2. The van der Waals surface area contributed by atoms with Gasteiger partial charge in [0.25, 0.3) is 0 Å². The summed E-state index contributed by atoms with van der Waals surface area (Å²) in [5.41, 5.74) is 5.90. The molecule has 71 heavy (non-hydrogen) atoms. The number of unbranched alkanes of at least 4 members (excludes halogenated alkanes) is 1. The zero-order valence-corrected chi connectivity index (χ0v) is 45.6. The number of amides is 6. The quantitative estimate of drug-likeness (QED) is 0.0271. The second kappa shape index (κ2) is 27.8. The van der Waals surface area contributed by atoms with Gasteiger partial charge in [-0.3, -0.25) is 28.8 Å². The van der Waals surface area contributed by atoms with Gasteiger partial charge in [-0.2, -0.15) is 0 Å². The molecule has 21 nitrogen and oxygen atoms in total. The van der Waals surface area contributed by atoms with Gasteiger partial charge in [0.15, 0.2) is 0 Å². The van der Waals surface area contributed by atoms with Gasteiger partial charge < -0.3 is 66.4 Å². The fraction of sp³-hybridized carbons (Fsp3) is 0.714. The number of likely N-dealkylation sites (N-methyl/N-ethyl adjacent to an activating group) is 1. The number of ether oxygens (including phenoxy) is 4. The van der Waals surface area contributed by atoms with Gasteiger partial charge in [-0.05, 0) is 134 Å². The Hall–Kier alpha value is -4.87. The first kappa shape index (κ1) is 64.1. The number of nitrogens with two attached hydrogens (primary N) is 2. The molecule has 22 heteroatoms. The normalized spacial score (nSPS) is 16.0. The fourth-order valence-electron chi connectivity index (χ4n) is 6.90. The Morgan fingerprint density at radius 1 is 0.690 bits per heavy atom. The molecule has 0 saturated carbocycles. The minimum Gasteiger partial charge on any atom is -0.479 e. The summed E-state index contributed by atoms with van der Waals surface area (Å²) in [6, 6.07) is 1.67. The standard InChI is InChI=1S/C49H84N8O13S/c1-29(68-46(7,8)9)36(54-38(59)33(51)24-20-21-25-50)40(61)52-34(26-32-22-18-17-19-23-32)39(60)55-37(30(2)69-47(10,11)12)41(62)53-35(27-67-45(4,5)6)42(63)57(16)49(43(64)65,28-71-56-31(3)58)44(66)70-48(13,14)15/h17-19,22-23,29-30,33-37H,20-21,24-28,50-51H2,1-16H3,(H,52,61)(H,53,62)(H,54,59)(H,55,60)(H,56,58)(H,64,65)/t29-,30-,33+,34+,35+,36+,37+,49+/m1/s1. The van der Waals surface area contributed by atoms with Gasteiger partial charge >= 0.3 is 11.9 Å². The van der Waals surface area contributed by atoms with E-state index >= 15 is 0 Å². The van der Waals surface area contributed by atoms with Crippen molar-refractivity contribution >= 4 is 59.3 Å². The lowest BCUT2D eigenvalue weighted by molar-refractivity contribution is -0.181. The first-order chi connectivity index (χ1) is 32.4. The monoisotopic (exact) mass is 1020 g/mol. The van der Waals surface area contributed by atoms with Crippen LogP contribution in [0.4, 0.5) is 0 Å². The van der Waals surface area contributed by atoms with Crippen LogP contribution in [0.25, 0.3) is 0 Å². The van der Waals surface area contributed by atoms with Gasteiger partial charge in [-0.15, -0.1) is 0 Å². The summed E-state index contributed by atoms with van der Waals surface area (Å²) in [7, 11) is 1.05. The van der Waals surface area contributed by atoms with E-state index in [0.29, 0.717) is 48.2 Å². The summed E-state index contributed by atoms with van der Waals surface area (Å²) in [6.07, 6.45) is -0.649.